The molecule has 1 aliphatic rings. The molecule has 1 aliphatic heterocycles. The monoisotopic (exact) mass is 337 g/mol. The van der Waals surface area contributed by atoms with E-state index in [1.165, 1.54) is 0 Å². The fourth-order valence-corrected chi connectivity index (χ4v) is 3.32. The van der Waals surface area contributed by atoms with Gasteiger partial charge in [-0.05, 0) is 18.2 Å². The van der Waals surface area contributed by atoms with E-state index in [9.17, 15) is 4.79 Å². The van der Waals surface area contributed by atoms with Crippen LogP contribution in [0.2, 0.25) is 0 Å². The highest BCUT2D eigenvalue weighted by Gasteiger charge is 2.21. The topological polar surface area (TPSA) is 74.3 Å². The average Bonchev–Trinajstić information content (AvgIpc) is 3.01. The zero-order chi connectivity index (χ0) is 17.1. The first-order valence-electron chi connectivity index (χ1n) is 8.29. The van der Waals surface area contributed by atoms with Gasteiger partial charge in [0.05, 0.1) is 23.8 Å². The van der Waals surface area contributed by atoms with Gasteiger partial charge >= 0.3 is 0 Å². The number of aromatic amines is 1. The van der Waals surface area contributed by atoms with Crippen LogP contribution >= 0.6 is 0 Å². The lowest BCUT2D eigenvalue weighted by Crippen LogP contribution is -2.46. The largest absolute Gasteiger partial charge is 0.426 e. The minimum atomic E-state index is 0.494. The van der Waals surface area contributed by atoms with Gasteiger partial charge in [-0.3, -0.25) is 9.69 Å². The van der Waals surface area contributed by atoms with E-state index < -0.39 is 0 Å². The van der Waals surface area contributed by atoms with Gasteiger partial charge in [0, 0.05) is 43.6 Å². The number of nitrogens with one attached hydrogen (secondary N) is 1. The third-order valence-electron chi connectivity index (χ3n) is 4.59. The Morgan fingerprint density at radius 1 is 1.12 bits per heavy atom. The van der Waals surface area contributed by atoms with Crippen molar-refractivity contribution in [2.45, 2.75) is 6.54 Å². The van der Waals surface area contributed by atoms with E-state index >= 15 is 0 Å². The van der Waals surface area contributed by atoms with Crippen LogP contribution < -0.4 is 9.64 Å². The molecule has 0 aliphatic carbocycles. The van der Waals surface area contributed by atoms with Crippen molar-refractivity contribution < 1.29 is 9.53 Å². The minimum absolute atomic E-state index is 0.494. The summed E-state index contributed by atoms with van der Waals surface area (Å²) in [5, 5.41) is 8.70. The molecule has 1 saturated heterocycles. The number of H-pyrrole nitrogens is 1. The van der Waals surface area contributed by atoms with Crippen molar-refractivity contribution >= 4 is 23.1 Å². The number of para-hydroxylation sites is 1. The summed E-state index contributed by atoms with van der Waals surface area (Å²) in [4.78, 5) is 18.9. The van der Waals surface area contributed by atoms with Gasteiger partial charge in [0.2, 0.25) is 0 Å². The number of nitrogens with zero attached hydrogens (tertiary/aromatic N) is 4. The first-order valence-corrected chi connectivity index (χ1v) is 8.29. The second-order valence-electron chi connectivity index (χ2n) is 6.06. The predicted octanol–water partition coefficient (Wildman–Crippen LogP) is 1.82. The Bertz CT molecular complexity index is 856. The number of rotatable bonds is 5. The highest BCUT2D eigenvalue weighted by atomic mass is 16.5. The van der Waals surface area contributed by atoms with E-state index in [-0.39, 0.29) is 0 Å². The van der Waals surface area contributed by atoms with Crippen LogP contribution in [-0.4, -0.2) is 52.7 Å². The molecule has 0 bridgehead atoms. The Labute approximate surface area is 145 Å². The maximum absolute atomic E-state index is 10.9. The lowest BCUT2D eigenvalue weighted by atomic mass is 10.2. The molecule has 4 rings (SSSR count). The number of anilines is 1. The van der Waals surface area contributed by atoms with Crippen molar-refractivity contribution in [3.05, 3.63) is 48.4 Å². The third-order valence-corrected chi connectivity index (χ3v) is 4.59. The number of ether oxygens (including phenoxy) is 1. The van der Waals surface area contributed by atoms with Crippen LogP contribution in [0.1, 0.15) is 5.69 Å². The Balaban J connectivity index is 1.47. The van der Waals surface area contributed by atoms with E-state index in [0.717, 1.165) is 55.0 Å². The molecule has 7 heteroatoms. The molecule has 0 radical (unpaired) electrons. The maximum atomic E-state index is 10.9. The number of aromatic nitrogens is 3. The lowest BCUT2D eigenvalue weighted by molar-refractivity contribution is -0.120. The van der Waals surface area contributed by atoms with Gasteiger partial charge in [-0.25, -0.2) is 0 Å². The van der Waals surface area contributed by atoms with Crippen LogP contribution in [0, 0.1) is 0 Å². The standard InChI is InChI=1S/C18H19N5O2/c24-13-25-18-15-3-1-2-4-16(15)21-17(18)12-22-7-9-23(10-8-22)14-5-6-19-20-11-14/h1-6,11,13,21H,7-10,12H2. The molecule has 3 aromatic rings. The number of hydrogen-bond donors (Lipinski definition) is 1. The Kier molecular flexibility index (Phi) is 4.30. The van der Waals surface area contributed by atoms with Crippen molar-refractivity contribution in [2.75, 3.05) is 31.1 Å². The van der Waals surface area contributed by atoms with E-state index in [1.807, 2.05) is 30.3 Å². The van der Waals surface area contributed by atoms with Crippen molar-refractivity contribution in [3.8, 4) is 5.75 Å². The number of carbonyl (C=O) groups excluding carboxylic acids is 1. The summed E-state index contributed by atoms with van der Waals surface area (Å²) in [5.74, 6) is 0.631. The second kappa shape index (κ2) is 6.90. The van der Waals surface area contributed by atoms with E-state index in [2.05, 4.69) is 25.0 Å². The average molecular weight is 337 g/mol. The van der Waals surface area contributed by atoms with E-state index in [4.69, 9.17) is 4.74 Å². The van der Waals surface area contributed by atoms with Crippen molar-refractivity contribution in [1.82, 2.24) is 20.1 Å². The van der Waals surface area contributed by atoms with Gasteiger partial charge < -0.3 is 14.6 Å². The molecule has 7 nitrogen and oxygen atoms in total. The van der Waals surface area contributed by atoms with Gasteiger partial charge in [-0.15, -0.1) is 0 Å². The quantitative estimate of drug-likeness (QED) is 0.716. The molecule has 128 valence electrons. The summed E-state index contributed by atoms with van der Waals surface area (Å²) >= 11 is 0. The summed E-state index contributed by atoms with van der Waals surface area (Å²) in [6.07, 6.45) is 3.51. The molecule has 1 N–H and O–H groups in total. The Morgan fingerprint density at radius 2 is 1.96 bits per heavy atom. The minimum Gasteiger partial charge on any atom is -0.426 e. The van der Waals surface area contributed by atoms with E-state index in [1.54, 1.807) is 12.4 Å². The summed E-state index contributed by atoms with van der Waals surface area (Å²) in [6, 6.07) is 9.85. The molecule has 0 saturated carbocycles. The van der Waals surface area contributed by atoms with Crippen LogP contribution in [0.5, 0.6) is 5.75 Å². The van der Waals surface area contributed by atoms with Crippen LogP contribution in [0.25, 0.3) is 10.9 Å². The number of benzene rings is 1. The molecule has 1 fully saturated rings. The predicted molar refractivity (Wildman–Crippen MR) is 94.5 cm³/mol. The molecule has 0 spiro atoms. The molecule has 3 heterocycles. The highest BCUT2D eigenvalue weighted by Crippen LogP contribution is 2.31. The van der Waals surface area contributed by atoms with Gasteiger partial charge in [-0.2, -0.15) is 10.2 Å². The summed E-state index contributed by atoms with van der Waals surface area (Å²) in [6.45, 7) is 4.93. The number of carbonyl (C=O) groups is 1. The Hall–Kier alpha value is -2.93. The smallest absolute Gasteiger partial charge is 0.298 e. The van der Waals surface area contributed by atoms with Gasteiger partial charge in [-0.1, -0.05) is 12.1 Å². The SMILES string of the molecule is O=COc1c(CN2CCN(c3ccnnc3)CC2)[nH]c2ccccc12. The molecule has 0 unspecified atom stereocenters. The summed E-state index contributed by atoms with van der Waals surface area (Å²) in [5.41, 5.74) is 3.02. The normalized spacial score (nSPS) is 15.4. The summed E-state index contributed by atoms with van der Waals surface area (Å²) < 4.78 is 5.26. The molecule has 0 amide bonds. The molecular weight excluding hydrogens is 318 g/mol. The fraction of sp³-hybridized carbons (Fsp3) is 0.278. The second-order valence-corrected chi connectivity index (χ2v) is 6.06. The van der Waals surface area contributed by atoms with Crippen LogP contribution in [0.15, 0.2) is 42.7 Å². The number of fused-ring (bicyclic) bond motifs is 1. The van der Waals surface area contributed by atoms with Gasteiger partial charge in [0.1, 0.15) is 0 Å². The van der Waals surface area contributed by atoms with Crippen molar-refractivity contribution in [2.24, 2.45) is 0 Å². The molecule has 2 aromatic heterocycles. The highest BCUT2D eigenvalue weighted by molar-refractivity contribution is 5.88. The molecule has 1 aromatic carbocycles. The number of hydrogen-bond acceptors (Lipinski definition) is 6. The Morgan fingerprint density at radius 3 is 2.72 bits per heavy atom. The van der Waals surface area contributed by atoms with E-state index in [0.29, 0.717) is 12.2 Å². The van der Waals surface area contributed by atoms with Crippen LogP contribution in [-0.2, 0) is 11.3 Å². The molecule has 25 heavy (non-hydrogen) atoms. The number of piperazine rings is 1. The zero-order valence-electron chi connectivity index (χ0n) is 13.8. The van der Waals surface area contributed by atoms with Crippen LogP contribution in [0.3, 0.4) is 0 Å². The maximum Gasteiger partial charge on any atom is 0.298 e. The van der Waals surface area contributed by atoms with Crippen LogP contribution in [0.4, 0.5) is 5.69 Å². The molecule has 0 atom stereocenters. The zero-order valence-corrected chi connectivity index (χ0v) is 13.8. The summed E-state index contributed by atoms with van der Waals surface area (Å²) in [7, 11) is 0. The van der Waals surface area contributed by atoms with Gasteiger partial charge in [0.15, 0.2) is 5.75 Å². The fourth-order valence-electron chi connectivity index (χ4n) is 3.32. The first kappa shape index (κ1) is 15.6. The van der Waals surface area contributed by atoms with Gasteiger partial charge in [0.25, 0.3) is 6.47 Å². The third kappa shape index (κ3) is 3.18. The molecular formula is C18H19N5O2. The first-order chi connectivity index (χ1) is 12.3. The van der Waals surface area contributed by atoms with Crippen molar-refractivity contribution in [3.63, 3.8) is 0 Å². The lowest BCUT2D eigenvalue weighted by Gasteiger charge is -2.35. The van der Waals surface area contributed by atoms with Crippen molar-refractivity contribution in [1.29, 1.82) is 0 Å².